The highest BCUT2D eigenvalue weighted by atomic mass is 19.1. The first-order valence-electron chi connectivity index (χ1n) is 9.98. The smallest absolute Gasteiger partial charge is 0.274 e. The van der Waals surface area contributed by atoms with Crippen molar-refractivity contribution in [3.63, 3.8) is 0 Å². The average molecular weight is 453 g/mol. The predicted molar refractivity (Wildman–Crippen MR) is 119 cm³/mol. The van der Waals surface area contributed by atoms with Gasteiger partial charge >= 0.3 is 0 Å². The SMILES string of the molecule is Cn1cc(-c2cc(C(C)(C)O)ccc2Oc2ccc(F)cc2F)c2cc(C(N)=O)[nH]c2c1=O. The van der Waals surface area contributed by atoms with Gasteiger partial charge in [0.1, 0.15) is 22.8 Å². The number of primary amides is 1. The number of carbonyl (C=O) groups is 1. The van der Waals surface area contributed by atoms with Crippen LogP contribution in [-0.4, -0.2) is 20.6 Å². The maximum Gasteiger partial charge on any atom is 0.274 e. The van der Waals surface area contributed by atoms with Crippen LogP contribution in [0, 0.1) is 11.6 Å². The number of aromatic nitrogens is 2. The van der Waals surface area contributed by atoms with Crippen LogP contribution in [0.1, 0.15) is 29.9 Å². The second kappa shape index (κ2) is 7.86. The molecule has 0 saturated carbocycles. The summed E-state index contributed by atoms with van der Waals surface area (Å²) in [7, 11) is 1.54. The Bertz CT molecular complexity index is 1470. The van der Waals surface area contributed by atoms with E-state index < -0.39 is 23.1 Å². The van der Waals surface area contributed by atoms with Crippen LogP contribution in [0.15, 0.2) is 53.5 Å². The molecule has 4 N–H and O–H groups in total. The predicted octanol–water partition coefficient (Wildman–Crippen LogP) is 3.93. The van der Waals surface area contributed by atoms with Gasteiger partial charge in [-0.1, -0.05) is 6.07 Å². The van der Waals surface area contributed by atoms with Crippen LogP contribution in [0.5, 0.6) is 11.5 Å². The van der Waals surface area contributed by atoms with Gasteiger partial charge in [-0.2, -0.15) is 0 Å². The molecule has 4 aromatic rings. The Labute approximate surface area is 187 Å². The number of pyridine rings is 1. The normalized spacial score (nSPS) is 11.7. The fourth-order valence-corrected chi connectivity index (χ4v) is 3.57. The van der Waals surface area contributed by atoms with Gasteiger partial charge in [-0.25, -0.2) is 8.78 Å². The summed E-state index contributed by atoms with van der Waals surface area (Å²) in [5.74, 6) is -2.40. The molecule has 0 atom stereocenters. The van der Waals surface area contributed by atoms with E-state index in [1.165, 1.54) is 17.7 Å². The van der Waals surface area contributed by atoms with Crippen LogP contribution in [0.4, 0.5) is 8.78 Å². The number of ether oxygens (including phenoxy) is 1. The van der Waals surface area contributed by atoms with Crippen LogP contribution in [0.25, 0.3) is 22.0 Å². The lowest BCUT2D eigenvalue weighted by molar-refractivity contribution is 0.0786. The zero-order chi connectivity index (χ0) is 24.1. The van der Waals surface area contributed by atoms with Crippen LogP contribution in [0.2, 0.25) is 0 Å². The monoisotopic (exact) mass is 453 g/mol. The van der Waals surface area contributed by atoms with E-state index in [1.807, 2.05) is 0 Å². The molecule has 0 saturated heterocycles. The van der Waals surface area contributed by atoms with E-state index in [-0.39, 0.29) is 28.3 Å². The van der Waals surface area contributed by atoms with Gasteiger partial charge in [-0.05, 0) is 49.7 Å². The van der Waals surface area contributed by atoms with Gasteiger partial charge in [0.25, 0.3) is 11.5 Å². The second-order valence-electron chi connectivity index (χ2n) is 8.24. The van der Waals surface area contributed by atoms with Crippen molar-refractivity contribution < 1.29 is 23.4 Å². The number of H-pyrrole nitrogens is 1. The third-order valence-corrected chi connectivity index (χ3v) is 5.32. The van der Waals surface area contributed by atoms with Gasteiger partial charge in [0, 0.05) is 35.8 Å². The summed E-state index contributed by atoms with van der Waals surface area (Å²) >= 11 is 0. The van der Waals surface area contributed by atoms with Crippen LogP contribution < -0.4 is 16.0 Å². The molecule has 4 rings (SSSR count). The van der Waals surface area contributed by atoms with Gasteiger partial charge < -0.3 is 25.1 Å². The molecule has 2 aromatic heterocycles. The molecule has 0 unspecified atom stereocenters. The third kappa shape index (κ3) is 4.10. The number of fused-ring (bicyclic) bond motifs is 1. The maximum absolute atomic E-state index is 14.3. The lowest BCUT2D eigenvalue weighted by Gasteiger charge is -2.21. The Morgan fingerprint density at radius 3 is 2.42 bits per heavy atom. The Hall–Kier alpha value is -3.98. The molecular formula is C24H21F2N3O4. The number of rotatable bonds is 5. The number of benzene rings is 2. The number of amides is 1. The number of aliphatic hydroxyl groups is 1. The molecule has 0 fully saturated rings. The van der Waals surface area contributed by atoms with Crippen molar-refractivity contribution in [3.8, 4) is 22.6 Å². The topological polar surface area (TPSA) is 110 Å². The lowest BCUT2D eigenvalue weighted by Crippen LogP contribution is -2.18. The first-order chi connectivity index (χ1) is 15.5. The van der Waals surface area contributed by atoms with Gasteiger partial charge in [0.2, 0.25) is 0 Å². The molecule has 33 heavy (non-hydrogen) atoms. The molecular weight excluding hydrogens is 432 g/mol. The summed E-state index contributed by atoms with van der Waals surface area (Å²) in [5, 5.41) is 10.9. The van der Waals surface area contributed by atoms with E-state index >= 15 is 0 Å². The molecule has 0 aliphatic carbocycles. The minimum absolute atomic E-state index is 0.0419. The molecule has 7 nitrogen and oxygen atoms in total. The number of aryl methyl sites for hydroxylation is 1. The highest BCUT2D eigenvalue weighted by molar-refractivity contribution is 6.02. The zero-order valence-electron chi connectivity index (χ0n) is 18.1. The van der Waals surface area contributed by atoms with Crippen molar-refractivity contribution in [1.82, 2.24) is 9.55 Å². The summed E-state index contributed by atoms with van der Waals surface area (Å²) in [5.41, 5.74) is 5.39. The Balaban J connectivity index is 2.01. The van der Waals surface area contributed by atoms with Gasteiger partial charge in [0.15, 0.2) is 11.6 Å². The van der Waals surface area contributed by atoms with Crippen LogP contribution in [-0.2, 0) is 12.6 Å². The average Bonchev–Trinajstić information content (AvgIpc) is 3.18. The van der Waals surface area contributed by atoms with E-state index in [1.54, 1.807) is 38.2 Å². The first kappa shape index (κ1) is 22.2. The summed E-state index contributed by atoms with van der Waals surface area (Å²) in [6.45, 7) is 3.20. The van der Waals surface area contributed by atoms with E-state index in [2.05, 4.69) is 4.98 Å². The Morgan fingerprint density at radius 2 is 1.79 bits per heavy atom. The van der Waals surface area contributed by atoms with Crippen LogP contribution in [0.3, 0.4) is 0 Å². The molecule has 1 amide bonds. The number of nitrogens with one attached hydrogen (secondary N) is 1. The molecule has 0 aliphatic heterocycles. The minimum Gasteiger partial charge on any atom is -0.454 e. The number of halogens is 2. The molecule has 170 valence electrons. The Kier molecular flexibility index (Phi) is 5.29. The summed E-state index contributed by atoms with van der Waals surface area (Å²) in [4.78, 5) is 27.1. The Morgan fingerprint density at radius 1 is 1.09 bits per heavy atom. The number of nitrogens with two attached hydrogens (primary N) is 1. The van der Waals surface area contributed by atoms with Crippen molar-refractivity contribution in [2.45, 2.75) is 19.4 Å². The van der Waals surface area contributed by atoms with Crippen molar-refractivity contribution in [2.75, 3.05) is 0 Å². The molecule has 0 aliphatic rings. The molecule has 0 radical (unpaired) electrons. The highest BCUT2D eigenvalue weighted by Crippen LogP contribution is 2.39. The largest absolute Gasteiger partial charge is 0.454 e. The lowest BCUT2D eigenvalue weighted by atomic mass is 9.93. The van der Waals surface area contributed by atoms with Crippen molar-refractivity contribution in [1.29, 1.82) is 0 Å². The summed E-state index contributed by atoms with van der Waals surface area (Å²) in [6.07, 6.45) is 1.54. The fourth-order valence-electron chi connectivity index (χ4n) is 3.57. The fraction of sp³-hybridized carbons (Fsp3) is 0.167. The van der Waals surface area contributed by atoms with Crippen LogP contribution >= 0.6 is 0 Å². The minimum atomic E-state index is -1.22. The van der Waals surface area contributed by atoms with Gasteiger partial charge in [0.05, 0.1) is 5.60 Å². The number of carbonyl (C=O) groups excluding carboxylic acids is 1. The van der Waals surface area contributed by atoms with Crippen molar-refractivity contribution >= 4 is 16.8 Å². The third-order valence-electron chi connectivity index (χ3n) is 5.32. The van der Waals surface area contributed by atoms with Crippen molar-refractivity contribution in [2.24, 2.45) is 12.8 Å². The van der Waals surface area contributed by atoms with E-state index in [0.717, 1.165) is 12.1 Å². The molecule has 0 spiro atoms. The molecule has 9 heteroatoms. The van der Waals surface area contributed by atoms with E-state index in [4.69, 9.17) is 10.5 Å². The number of hydrogen-bond acceptors (Lipinski definition) is 4. The molecule has 2 heterocycles. The van der Waals surface area contributed by atoms with E-state index in [9.17, 15) is 23.5 Å². The second-order valence-corrected chi connectivity index (χ2v) is 8.24. The first-order valence-corrected chi connectivity index (χ1v) is 9.98. The molecule has 2 aromatic carbocycles. The van der Waals surface area contributed by atoms with Gasteiger partial charge in [-0.15, -0.1) is 0 Å². The molecule has 0 bridgehead atoms. The van der Waals surface area contributed by atoms with Gasteiger partial charge in [-0.3, -0.25) is 9.59 Å². The maximum atomic E-state index is 14.3. The van der Waals surface area contributed by atoms with E-state index in [0.29, 0.717) is 28.1 Å². The number of nitrogens with zero attached hydrogens (tertiary/aromatic N) is 1. The number of hydrogen-bond donors (Lipinski definition) is 3. The summed E-state index contributed by atoms with van der Waals surface area (Å²) < 4.78 is 34.7. The zero-order valence-corrected chi connectivity index (χ0v) is 18.1. The summed E-state index contributed by atoms with van der Waals surface area (Å²) in [6, 6.07) is 9.20. The van der Waals surface area contributed by atoms with Crippen molar-refractivity contribution in [3.05, 3.63) is 81.9 Å². The highest BCUT2D eigenvalue weighted by Gasteiger charge is 2.22. The standard InChI is InChI=1S/C24H21F2N3O4/c1-24(2,32)12-4-6-19(33-20-7-5-13(25)9-17(20)26)14(8-12)16-11-29(3)23(31)21-15(16)10-18(28-21)22(27)30/h4-11,28,32H,1-3H3,(H2,27,30). The quantitative estimate of drug-likeness (QED) is 0.425. The number of aromatic amines is 1.